The molecule has 2 N–H and O–H groups in total. The van der Waals surface area contributed by atoms with Crippen LogP contribution in [0.5, 0.6) is 0 Å². The van der Waals surface area contributed by atoms with E-state index in [1.54, 1.807) is 13.0 Å². The minimum atomic E-state index is -0.383. The van der Waals surface area contributed by atoms with E-state index in [2.05, 4.69) is 5.32 Å². The second-order valence-corrected chi connectivity index (χ2v) is 4.33. The third kappa shape index (κ3) is 5.17. The second-order valence-electron chi connectivity index (χ2n) is 3.95. The first-order chi connectivity index (χ1) is 10.0. The lowest BCUT2D eigenvalue weighted by molar-refractivity contribution is -0.107. The van der Waals surface area contributed by atoms with Gasteiger partial charge in [0.1, 0.15) is 12.6 Å². The van der Waals surface area contributed by atoms with E-state index in [1.807, 2.05) is 0 Å². The lowest BCUT2D eigenvalue weighted by Gasteiger charge is -2.23. The fourth-order valence-electron chi connectivity index (χ4n) is 1.69. The summed E-state index contributed by atoms with van der Waals surface area (Å²) in [5, 5.41) is 9.87. The molecule has 7 heteroatoms. The van der Waals surface area contributed by atoms with Crippen molar-refractivity contribution in [2.24, 2.45) is 0 Å². The Kier molecular flexibility index (Phi) is 9.00. The van der Waals surface area contributed by atoms with Gasteiger partial charge in [-0.1, -0.05) is 11.6 Å². The number of anilines is 1. The highest BCUT2D eigenvalue weighted by Gasteiger charge is 2.18. The Hall–Kier alpha value is -1.92. The molecule has 1 aromatic carbocycles. The molecule has 0 fully saturated rings. The summed E-state index contributed by atoms with van der Waals surface area (Å²) in [6.07, 6.45) is 1.60. The summed E-state index contributed by atoms with van der Waals surface area (Å²) in [5.41, 5.74) is 1.54. The van der Waals surface area contributed by atoms with Crippen LogP contribution in [0.3, 0.4) is 0 Å². The molecular weight excluding hydrogens is 296 g/mol. The molecule has 0 bridgehead atoms. The molecule has 0 aliphatic heterocycles. The molecule has 116 valence electrons. The van der Waals surface area contributed by atoms with Crippen LogP contribution in [0.15, 0.2) is 12.1 Å². The zero-order chi connectivity index (χ0) is 16.4. The number of hydrogen-bond donors (Lipinski definition) is 2. The normalized spacial score (nSPS) is 9.19. The largest absolute Gasteiger partial charge is 0.400 e. The molecule has 21 heavy (non-hydrogen) atoms. The predicted molar refractivity (Wildman–Crippen MR) is 82.2 cm³/mol. The standard InChI is InChI=1S/C13H15ClN2O3.CH4O/c1-9-6-10(8-18)7-11(12(9)14)16(4-3-5-17)13(19)15-2;1-2/h5-8H,3-4H2,1-2H3,(H,15,19);2H,1H3. The number of aliphatic hydroxyl groups excluding tert-OH is 1. The van der Waals surface area contributed by atoms with E-state index in [0.717, 1.165) is 13.4 Å². The van der Waals surface area contributed by atoms with Crippen molar-refractivity contribution >= 4 is 35.9 Å². The molecule has 0 radical (unpaired) electrons. The van der Waals surface area contributed by atoms with Crippen molar-refractivity contribution in [2.45, 2.75) is 13.3 Å². The van der Waals surface area contributed by atoms with Gasteiger partial charge in [-0.05, 0) is 24.6 Å². The van der Waals surface area contributed by atoms with E-state index in [-0.39, 0.29) is 19.0 Å². The third-order valence-corrected chi connectivity index (χ3v) is 3.11. The van der Waals surface area contributed by atoms with Crippen LogP contribution in [0.4, 0.5) is 10.5 Å². The van der Waals surface area contributed by atoms with E-state index in [9.17, 15) is 14.4 Å². The molecule has 1 rings (SSSR count). The number of carbonyl (C=O) groups excluding carboxylic acids is 3. The number of aliphatic hydroxyl groups is 1. The lowest BCUT2D eigenvalue weighted by Crippen LogP contribution is -2.39. The Morgan fingerprint density at radius 2 is 2.00 bits per heavy atom. The van der Waals surface area contributed by atoms with Gasteiger partial charge in [0, 0.05) is 32.7 Å². The molecule has 0 saturated heterocycles. The number of aldehydes is 2. The van der Waals surface area contributed by atoms with E-state index in [4.69, 9.17) is 16.7 Å². The maximum Gasteiger partial charge on any atom is 0.321 e. The number of aryl methyl sites for hydroxylation is 1. The number of rotatable bonds is 5. The molecule has 0 aliphatic rings. The highest BCUT2D eigenvalue weighted by Crippen LogP contribution is 2.30. The van der Waals surface area contributed by atoms with Crippen molar-refractivity contribution in [3.63, 3.8) is 0 Å². The van der Waals surface area contributed by atoms with Crippen molar-refractivity contribution in [3.05, 3.63) is 28.3 Å². The van der Waals surface area contributed by atoms with Gasteiger partial charge in [0.25, 0.3) is 0 Å². The SMILES string of the molecule is CNC(=O)N(CCC=O)c1cc(C=O)cc(C)c1Cl.CO. The van der Waals surface area contributed by atoms with Gasteiger partial charge in [-0.15, -0.1) is 0 Å². The molecule has 0 aromatic heterocycles. The smallest absolute Gasteiger partial charge is 0.321 e. The van der Waals surface area contributed by atoms with Crippen LogP contribution in [0.25, 0.3) is 0 Å². The first-order valence-corrected chi connectivity index (χ1v) is 6.55. The van der Waals surface area contributed by atoms with Gasteiger partial charge in [0.2, 0.25) is 0 Å². The Labute approximate surface area is 128 Å². The molecule has 0 heterocycles. The first kappa shape index (κ1) is 19.1. The number of benzene rings is 1. The van der Waals surface area contributed by atoms with Crippen molar-refractivity contribution < 1.29 is 19.5 Å². The fourth-order valence-corrected chi connectivity index (χ4v) is 1.90. The number of hydrogen-bond acceptors (Lipinski definition) is 4. The van der Waals surface area contributed by atoms with Crippen LogP contribution in [-0.4, -0.2) is 44.4 Å². The Morgan fingerprint density at radius 3 is 2.48 bits per heavy atom. The van der Waals surface area contributed by atoms with Crippen molar-refractivity contribution in [1.82, 2.24) is 5.32 Å². The van der Waals surface area contributed by atoms with Crippen LogP contribution in [0, 0.1) is 6.92 Å². The fraction of sp³-hybridized carbons (Fsp3) is 0.357. The minimum absolute atomic E-state index is 0.189. The number of urea groups is 1. The van der Waals surface area contributed by atoms with Crippen LogP contribution in [0.2, 0.25) is 5.02 Å². The second kappa shape index (κ2) is 9.90. The molecule has 6 nitrogen and oxygen atoms in total. The molecule has 0 unspecified atom stereocenters. The summed E-state index contributed by atoms with van der Waals surface area (Å²) in [7, 11) is 2.49. The summed E-state index contributed by atoms with van der Waals surface area (Å²) in [6.45, 7) is 1.95. The van der Waals surface area contributed by atoms with Crippen LogP contribution >= 0.6 is 11.6 Å². The van der Waals surface area contributed by atoms with Gasteiger partial charge in [-0.2, -0.15) is 0 Å². The van der Waals surface area contributed by atoms with Crippen molar-refractivity contribution in [1.29, 1.82) is 0 Å². The van der Waals surface area contributed by atoms with Crippen LogP contribution in [0.1, 0.15) is 22.3 Å². The van der Waals surface area contributed by atoms with Gasteiger partial charge in [-0.3, -0.25) is 9.69 Å². The molecule has 1 aromatic rings. The zero-order valence-corrected chi connectivity index (χ0v) is 13.0. The highest BCUT2D eigenvalue weighted by molar-refractivity contribution is 6.34. The number of halogens is 1. The monoisotopic (exact) mass is 314 g/mol. The molecular formula is C14H19ClN2O4. The highest BCUT2D eigenvalue weighted by atomic mass is 35.5. The quantitative estimate of drug-likeness (QED) is 0.811. The van der Waals surface area contributed by atoms with E-state index < -0.39 is 0 Å². The van der Waals surface area contributed by atoms with Crippen molar-refractivity contribution in [3.8, 4) is 0 Å². The van der Waals surface area contributed by atoms with Crippen LogP contribution in [-0.2, 0) is 4.79 Å². The van der Waals surface area contributed by atoms with Gasteiger partial charge in [0.05, 0.1) is 10.7 Å². The summed E-state index contributed by atoms with van der Waals surface area (Å²) in [4.78, 5) is 34.5. The zero-order valence-electron chi connectivity index (χ0n) is 12.2. The Morgan fingerprint density at radius 1 is 1.38 bits per heavy atom. The third-order valence-electron chi connectivity index (χ3n) is 2.61. The van der Waals surface area contributed by atoms with Crippen LogP contribution < -0.4 is 10.2 Å². The summed E-state index contributed by atoms with van der Waals surface area (Å²) < 4.78 is 0. The lowest BCUT2D eigenvalue weighted by atomic mass is 10.1. The van der Waals surface area contributed by atoms with Gasteiger partial charge >= 0.3 is 6.03 Å². The summed E-state index contributed by atoms with van der Waals surface area (Å²) in [5.74, 6) is 0. The van der Waals surface area contributed by atoms with Crippen molar-refractivity contribution in [2.75, 3.05) is 25.6 Å². The summed E-state index contributed by atoms with van der Waals surface area (Å²) >= 11 is 6.17. The topological polar surface area (TPSA) is 86.7 Å². The number of nitrogens with zero attached hydrogens (tertiary/aromatic N) is 1. The number of nitrogens with one attached hydrogen (secondary N) is 1. The van der Waals surface area contributed by atoms with Gasteiger partial charge in [0.15, 0.2) is 0 Å². The first-order valence-electron chi connectivity index (χ1n) is 6.18. The van der Waals surface area contributed by atoms with Gasteiger partial charge in [-0.25, -0.2) is 4.79 Å². The Bertz CT molecular complexity index is 506. The average Bonchev–Trinajstić information content (AvgIpc) is 2.52. The average molecular weight is 315 g/mol. The predicted octanol–water partition coefficient (Wildman–Crippen LogP) is 1.80. The van der Waals surface area contributed by atoms with Gasteiger partial charge < -0.3 is 15.2 Å². The maximum absolute atomic E-state index is 11.8. The molecule has 0 aliphatic carbocycles. The number of amides is 2. The minimum Gasteiger partial charge on any atom is -0.400 e. The van der Waals surface area contributed by atoms with E-state index in [0.29, 0.717) is 28.1 Å². The maximum atomic E-state index is 11.8. The number of carbonyl (C=O) groups is 3. The van der Waals surface area contributed by atoms with E-state index in [1.165, 1.54) is 18.0 Å². The molecule has 0 atom stereocenters. The Balaban J connectivity index is 0.00000191. The van der Waals surface area contributed by atoms with E-state index >= 15 is 0 Å². The summed E-state index contributed by atoms with van der Waals surface area (Å²) in [6, 6.07) is 2.79. The molecule has 0 spiro atoms. The molecule has 2 amide bonds. The molecule has 0 saturated carbocycles.